The quantitative estimate of drug-likeness (QED) is 0.549. The molecule has 5 aliphatic rings. The molecular formula is C29H43ClN2O. The van der Waals surface area contributed by atoms with Gasteiger partial charge in [-0.1, -0.05) is 51.1 Å². The van der Waals surface area contributed by atoms with E-state index in [-0.39, 0.29) is 22.3 Å². The Hall–Kier alpha value is -1.06. The van der Waals surface area contributed by atoms with Crippen molar-refractivity contribution >= 4 is 17.5 Å². The summed E-state index contributed by atoms with van der Waals surface area (Å²) in [7, 11) is 0. The molecular weight excluding hydrogens is 428 g/mol. The Labute approximate surface area is 205 Å². The Morgan fingerprint density at radius 3 is 2.61 bits per heavy atom. The number of carbonyl (C=O) groups is 1. The number of fused-ring (bicyclic) bond motifs is 2. The highest BCUT2D eigenvalue weighted by molar-refractivity contribution is 6.17. The number of alkyl halides is 1. The van der Waals surface area contributed by atoms with Gasteiger partial charge < -0.3 is 10.6 Å². The van der Waals surface area contributed by atoms with Crippen molar-refractivity contribution in [1.82, 2.24) is 4.90 Å². The zero-order valence-corrected chi connectivity index (χ0v) is 21.6. The first-order valence-electron chi connectivity index (χ1n) is 13.4. The van der Waals surface area contributed by atoms with E-state index >= 15 is 0 Å². The van der Waals surface area contributed by atoms with Gasteiger partial charge >= 0.3 is 0 Å². The number of piperidine rings is 1. The molecule has 4 heteroatoms. The van der Waals surface area contributed by atoms with Crippen molar-refractivity contribution in [2.24, 2.45) is 40.2 Å². The van der Waals surface area contributed by atoms with Crippen LogP contribution in [0.1, 0.15) is 77.7 Å². The smallest absolute Gasteiger partial charge is 0.228 e. The lowest BCUT2D eigenvalue weighted by atomic mass is 9.43. The summed E-state index contributed by atoms with van der Waals surface area (Å²) in [6.45, 7) is 8.53. The number of carbonyl (C=O) groups excluding carboxylic acids is 1. The molecule has 4 bridgehead atoms. The molecule has 4 saturated carbocycles. The molecule has 0 radical (unpaired) electrons. The Balaban J connectivity index is 1.56. The molecule has 33 heavy (non-hydrogen) atoms. The molecule has 1 aromatic carbocycles. The van der Waals surface area contributed by atoms with E-state index in [1.807, 2.05) is 0 Å². The van der Waals surface area contributed by atoms with Crippen molar-refractivity contribution in [1.29, 1.82) is 0 Å². The lowest BCUT2D eigenvalue weighted by Gasteiger charge is -2.62. The average molecular weight is 471 g/mol. The number of likely N-dealkylation sites (tertiary alicyclic amines) is 1. The normalized spacial score (nSPS) is 42.1. The fraction of sp³-hybridized carbons (Fsp3) is 0.759. The predicted molar refractivity (Wildman–Crippen MR) is 136 cm³/mol. The van der Waals surface area contributed by atoms with Crippen LogP contribution in [-0.4, -0.2) is 35.8 Å². The van der Waals surface area contributed by atoms with Crippen LogP contribution in [0.25, 0.3) is 0 Å². The number of hydrogen-bond donors (Lipinski definition) is 1. The highest BCUT2D eigenvalue weighted by atomic mass is 35.5. The molecule has 5 fully saturated rings. The van der Waals surface area contributed by atoms with Gasteiger partial charge in [0.05, 0.1) is 5.41 Å². The van der Waals surface area contributed by atoms with Crippen molar-refractivity contribution in [3.8, 4) is 0 Å². The third-order valence-electron chi connectivity index (χ3n) is 10.5. The molecule has 1 heterocycles. The lowest BCUT2D eigenvalue weighted by molar-refractivity contribution is -0.160. The molecule has 6 rings (SSSR count). The van der Waals surface area contributed by atoms with Gasteiger partial charge in [-0.2, -0.15) is 0 Å². The van der Waals surface area contributed by atoms with Crippen molar-refractivity contribution in [3.63, 3.8) is 0 Å². The Bertz CT molecular complexity index is 872. The molecule has 0 spiro atoms. The van der Waals surface area contributed by atoms with E-state index in [2.05, 4.69) is 56.0 Å². The number of benzene rings is 1. The van der Waals surface area contributed by atoms with Crippen molar-refractivity contribution in [2.45, 2.75) is 83.6 Å². The molecule has 182 valence electrons. The minimum absolute atomic E-state index is 0.0205. The van der Waals surface area contributed by atoms with Crippen LogP contribution >= 0.6 is 11.6 Å². The van der Waals surface area contributed by atoms with E-state index < -0.39 is 0 Å². The fourth-order valence-electron chi connectivity index (χ4n) is 8.67. The van der Waals surface area contributed by atoms with Crippen molar-refractivity contribution < 1.29 is 4.79 Å². The van der Waals surface area contributed by atoms with E-state index in [9.17, 15) is 4.79 Å². The summed E-state index contributed by atoms with van der Waals surface area (Å²) in [5, 5.41) is 0. The van der Waals surface area contributed by atoms with E-state index in [4.69, 9.17) is 17.3 Å². The van der Waals surface area contributed by atoms with Gasteiger partial charge in [0.2, 0.25) is 5.91 Å². The number of halogens is 1. The van der Waals surface area contributed by atoms with Crippen LogP contribution in [0.2, 0.25) is 0 Å². The molecule has 1 amide bonds. The lowest BCUT2D eigenvalue weighted by Crippen LogP contribution is -2.61. The molecule has 4 aliphatic carbocycles. The Morgan fingerprint density at radius 2 is 1.91 bits per heavy atom. The number of hydrogen-bond acceptors (Lipinski definition) is 2. The van der Waals surface area contributed by atoms with Gasteiger partial charge in [-0.15, -0.1) is 11.6 Å². The van der Waals surface area contributed by atoms with Gasteiger partial charge in [-0.3, -0.25) is 4.79 Å². The first-order chi connectivity index (χ1) is 15.7. The molecule has 1 saturated heterocycles. The maximum Gasteiger partial charge on any atom is 0.228 e. The Morgan fingerprint density at radius 1 is 1.15 bits per heavy atom. The monoisotopic (exact) mass is 470 g/mol. The van der Waals surface area contributed by atoms with E-state index in [0.29, 0.717) is 23.7 Å². The minimum atomic E-state index is -0.236. The van der Waals surface area contributed by atoms with E-state index in [1.54, 1.807) is 0 Å². The summed E-state index contributed by atoms with van der Waals surface area (Å²) in [6, 6.07) is 11.4. The van der Waals surface area contributed by atoms with Gasteiger partial charge in [0.15, 0.2) is 0 Å². The summed E-state index contributed by atoms with van der Waals surface area (Å²) < 4.78 is 0. The fourth-order valence-corrected chi connectivity index (χ4v) is 8.92. The van der Waals surface area contributed by atoms with Crippen LogP contribution in [0.3, 0.4) is 0 Å². The second-order valence-corrected chi connectivity index (χ2v) is 13.3. The number of amides is 1. The predicted octanol–water partition coefficient (Wildman–Crippen LogP) is 5.99. The molecule has 3 nitrogen and oxygen atoms in total. The largest absolute Gasteiger partial charge is 0.342 e. The van der Waals surface area contributed by atoms with Gasteiger partial charge in [0.1, 0.15) is 0 Å². The summed E-state index contributed by atoms with van der Waals surface area (Å²) in [6.07, 6.45) is 8.77. The summed E-state index contributed by atoms with van der Waals surface area (Å²) >= 11 is 6.36. The standard InChI is InChI=1S/C29H43ClN2O/c1-20-9-12-28(26(33)32-14-11-25(31)27(2,3)19-32)15-21-16-29(18-28,22-7-5-4-6-8-22)17-24(20)23(21)10-13-30/h4-8,20-21,23-25H,9-19,31H2,1-3H3/t20?,21?,23?,24?,25-,28?,29?/m0/s1. The summed E-state index contributed by atoms with van der Waals surface area (Å²) in [5.41, 5.74) is 7.78. The minimum Gasteiger partial charge on any atom is -0.342 e. The maximum absolute atomic E-state index is 14.5. The maximum atomic E-state index is 14.5. The number of nitrogens with two attached hydrogens (primary N) is 1. The highest BCUT2D eigenvalue weighted by Gasteiger charge is 2.61. The number of rotatable bonds is 4. The first kappa shape index (κ1) is 23.7. The van der Waals surface area contributed by atoms with E-state index in [0.717, 1.165) is 57.0 Å². The molecule has 2 N–H and O–H groups in total. The van der Waals surface area contributed by atoms with Crippen LogP contribution in [0, 0.1) is 34.5 Å². The Kier molecular flexibility index (Phi) is 6.14. The zero-order chi connectivity index (χ0) is 23.4. The van der Waals surface area contributed by atoms with Crippen LogP contribution in [-0.2, 0) is 10.2 Å². The van der Waals surface area contributed by atoms with Gasteiger partial charge in [-0.05, 0) is 91.4 Å². The third-order valence-corrected chi connectivity index (χ3v) is 10.7. The summed E-state index contributed by atoms with van der Waals surface area (Å²) in [4.78, 5) is 16.7. The van der Waals surface area contributed by atoms with E-state index in [1.165, 1.54) is 24.8 Å². The average Bonchev–Trinajstić information content (AvgIpc) is 2.80. The SMILES string of the molecule is CC1CCC2(C(=O)N3CC[C@H](N)C(C)(C)C3)CC3CC(c4ccccc4)(CC1C3CCCl)C2. The zero-order valence-electron chi connectivity index (χ0n) is 20.9. The van der Waals surface area contributed by atoms with Crippen LogP contribution in [0.5, 0.6) is 0 Å². The molecule has 1 aromatic rings. The van der Waals surface area contributed by atoms with Crippen molar-refractivity contribution in [2.75, 3.05) is 19.0 Å². The summed E-state index contributed by atoms with van der Waals surface area (Å²) in [5.74, 6) is 3.81. The van der Waals surface area contributed by atoms with Crippen LogP contribution in [0.15, 0.2) is 30.3 Å². The molecule has 6 unspecified atom stereocenters. The van der Waals surface area contributed by atoms with Gasteiger partial charge in [0.25, 0.3) is 0 Å². The van der Waals surface area contributed by atoms with Crippen molar-refractivity contribution in [3.05, 3.63) is 35.9 Å². The highest BCUT2D eigenvalue weighted by Crippen LogP contribution is 2.65. The molecule has 7 atom stereocenters. The third kappa shape index (κ3) is 3.96. The van der Waals surface area contributed by atoms with Gasteiger partial charge in [0, 0.05) is 25.0 Å². The second kappa shape index (κ2) is 8.55. The second-order valence-electron chi connectivity index (χ2n) is 12.9. The van der Waals surface area contributed by atoms with Crippen LogP contribution in [0.4, 0.5) is 0 Å². The first-order valence-corrected chi connectivity index (χ1v) is 13.9. The molecule has 1 aliphatic heterocycles. The molecule has 0 aromatic heterocycles. The topological polar surface area (TPSA) is 46.3 Å². The van der Waals surface area contributed by atoms with Crippen LogP contribution < -0.4 is 5.73 Å². The number of nitrogens with zero attached hydrogens (tertiary/aromatic N) is 1. The van der Waals surface area contributed by atoms with Gasteiger partial charge in [-0.25, -0.2) is 0 Å².